The minimum atomic E-state index is 0.346. The number of ether oxygens (including phenoxy) is 1. The highest BCUT2D eigenvalue weighted by molar-refractivity contribution is 7.11. The molecule has 0 radical (unpaired) electrons. The van der Waals surface area contributed by atoms with Gasteiger partial charge in [-0.2, -0.15) is 0 Å². The molecule has 2 N–H and O–H groups in total. The molecule has 1 atom stereocenters. The predicted molar refractivity (Wildman–Crippen MR) is 114 cm³/mol. The summed E-state index contributed by atoms with van der Waals surface area (Å²) in [5, 5.41) is 10.2. The molecule has 3 heterocycles. The van der Waals surface area contributed by atoms with Crippen LogP contribution in [0.25, 0.3) is 0 Å². The van der Waals surface area contributed by atoms with Gasteiger partial charge in [0.05, 0.1) is 24.3 Å². The van der Waals surface area contributed by atoms with Crippen LogP contribution in [0.5, 0.6) is 0 Å². The molecule has 1 saturated heterocycles. The minimum absolute atomic E-state index is 0.346. The van der Waals surface area contributed by atoms with Crippen molar-refractivity contribution in [2.45, 2.75) is 25.8 Å². The highest BCUT2D eigenvalue weighted by Crippen LogP contribution is 2.25. The Bertz CT molecular complexity index is 695. The molecule has 3 rings (SSSR count). The van der Waals surface area contributed by atoms with Crippen LogP contribution in [0.3, 0.4) is 0 Å². The van der Waals surface area contributed by atoms with Gasteiger partial charge in [0.2, 0.25) is 0 Å². The van der Waals surface area contributed by atoms with Crippen molar-refractivity contribution in [1.29, 1.82) is 0 Å². The summed E-state index contributed by atoms with van der Waals surface area (Å²) in [6, 6.07) is 4.69. The lowest BCUT2D eigenvalue weighted by Gasteiger charge is -2.34. The predicted octanol–water partition coefficient (Wildman–Crippen LogP) is 2.55. The second-order valence-electron chi connectivity index (χ2n) is 6.38. The first-order valence-electron chi connectivity index (χ1n) is 9.53. The standard InChI is InChI=1S/C19H29N5OS2/c1-3-15-13-22-18(27-15)6-7-21-19(20-2)23-14-16(17-5-4-12-26-17)24-8-10-25-11-9-24/h4-5,12-13,16H,3,6-11,14H2,1-2H3,(H2,20,21,23). The fourth-order valence-electron chi connectivity index (χ4n) is 3.11. The summed E-state index contributed by atoms with van der Waals surface area (Å²) in [7, 11) is 1.82. The van der Waals surface area contributed by atoms with E-state index < -0.39 is 0 Å². The van der Waals surface area contributed by atoms with Crippen LogP contribution >= 0.6 is 22.7 Å². The van der Waals surface area contributed by atoms with Gasteiger partial charge in [-0.1, -0.05) is 13.0 Å². The Morgan fingerprint density at radius 1 is 1.37 bits per heavy atom. The van der Waals surface area contributed by atoms with Crippen LogP contribution in [-0.2, 0) is 17.6 Å². The number of aliphatic imine (C=N–C) groups is 1. The molecule has 0 aliphatic carbocycles. The summed E-state index contributed by atoms with van der Waals surface area (Å²) in [6.45, 7) is 7.39. The molecule has 2 aromatic rings. The van der Waals surface area contributed by atoms with Crippen molar-refractivity contribution < 1.29 is 4.74 Å². The molecule has 1 aliphatic heterocycles. The molecule has 1 aliphatic rings. The maximum absolute atomic E-state index is 5.52. The fraction of sp³-hybridized carbons (Fsp3) is 0.579. The average Bonchev–Trinajstić information content (AvgIpc) is 3.40. The second kappa shape index (κ2) is 10.8. The van der Waals surface area contributed by atoms with Crippen LogP contribution in [0.1, 0.15) is 27.7 Å². The fourth-order valence-corrected chi connectivity index (χ4v) is 4.83. The normalized spacial score (nSPS) is 17.0. The Morgan fingerprint density at radius 2 is 2.22 bits per heavy atom. The zero-order valence-electron chi connectivity index (χ0n) is 16.1. The van der Waals surface area contributed by atoms with Crippen LogP contribution in [0.2, 0.25) is 0 Å². The van der Waals surface area contributed by atoms with Crippen molar-refractivity contribution >= 4 is 28.6 Å². The monoisotopic (exact) mass is 407 g/mol. The summed E-state index contributed by atoms with van der Waals surface area (Å²) in [4.78, 5) is 14.1. The highest BCUT2D eigenvalue weighted by atomic mass is 32.1. The van der Waals surface area contributed by atoms with Crippen molar-refractivity contribution in [3.63, 3.8) is 0 Å². The quantitative estimate of drug-likeness (QED) is 0.520. The Labute approximate surface area is 169 Å². The average molecular weight is 408 g/mol. The van der Waals surface area contributed by atoms with Gasteiger partial charge < -0.3 is 15.4 Å². The number of guanidine groups is 1. The van der Waals surface area contributed by atoms with Crippen LogP contribution in [-0.4, -0.2) is 62.3 Å². The van der Waals surface area contributed by atoms with Gasteiger partial charge >= 0.3 is 0 Å². The molecule has 27 heavy (non-hydrogen) atoms. The first-order valence-corrected chi connectivity index (χ1v) is 11.2. The van der Waals surface area contributed by atoms with Gasteiger partial charge in [-0.05, 0) is 17.9 Å². The lowest BCUT2D eigenvalue weighted by Crippen LogP contribution is -2.46. The smallest absolute Gasteiger partial charge is 0.191 e. The molecule has 6 nitrogen and oxygen atoms in total. The molecule has 2 aromatic heterocycles. The maximum atomic E-state index is 5.52. The summed E-state index contributed by atoms with van der Waals surface area (Å²) in [6.07, 6.45) is 3.96. The number of aromatic nitrogens is 1. The zero-order chi connectivity index (χ0) is 18.9. The summed E-state index contributed by atoms with van der Waals surface area (Å²) in [5.74, 6) is 0.845. The number of thiazole rings is 1. The molecule has 0 bridgehead atoms. The first-order chi connectivity index (χ1) is 13.3. The third-order valence-corrected chi connectivity index (χ3v) is 6.80. The number of thiophene rings is 1. The van der Waals surface area contributed by atoms with Gasteiger partial charge in [0, 0.05) is 55.6 Å². The van der Waals surface area contributed by atoms with Crippen LogP contribution in [0.15, 0.2) is 28.7 Å². The van der Waals surface area contributed by atoms with Crippen molar-refractivity contribution in [3.8, 4) is 0 Å². The molecule has 0 amide bonds. The summed E-state index contributed by atoms with van der Waals surface area (Å²) >= 11 is 3.61. The number of hydrogen-bond acceptors (Lipinski definition) is 6. The van der Waals surface area contributed by atoms with Gasteiger partial charge in [0.1, 0.15) is 0 Å². The van der Waals surface area contributed by atoms with Crippen molar-refractivity contribution in [3.05, 3.63) is 38.5 Å². The first kappa shape index (κ1) is 20.3. The minimum Gasteiger partial charge on any atom is -0.379 e. The molecule has 148 valence electrons. The molecular weight excluding hydrogens is 378 g/mol. The Morgan fingerprint density at radius 3 is 2.89 bits per heavy atom. The Balaban J connectivity index is 1.50. The van der Waals surface area contributed by atoms with Crippen LogP contribution in [0.4, 0.5) is 0 Å². The number of hydrogen-bond donors (Lipinski definition) is 2. The zero-order valence-corrected chi connectivity index (χ0v) is 17.7. The van der Waals surface area contributed by atoms with Crippen LogP contribution < -0.4 is 10.6 Å². The van der Waals surface area contributed by atoms with Gasteiger partial charge in [-0.15, -0.1) is 22.7 Å². The van der Waals surface area contributed by atoms with Crippen molar-refractivity contribution in [1.82, 2.24) is 20.5 Å². The lowest BCUT2D eigenvalue weighted by atomic mass is 10.2. The molecule has 0 saturated carbocycles. The topological polar surface area (TPSA) is 61.8 Å². The van der Waals surface area contributed by atoms with E-state index in [4.69, 9.17) is 4.74 Å². The number of morpholine rings is 1. The molecular formula is C19H29N5OS2. The third-order valence-electron chi connectivity index (χ3n) is 4.63. The molecule has 8 heteroatoms. The van der Waals surface area contributed by atoms with E-state index in [2.05, 4.69) is 49.9 Å². The molecule has 1 unspecified atom stereocenters. The highest BCUT2D eigenvalue weighted by Gasteiger charge is 2.23. The molecule has 0 spiro atoms. The Hall–Kier alpha value is -1.48. The van der Waals surface area contributed by atoms with Crippen LogP contribution in [0, 0.1) is 0 Å². The maximum Gasteiger partial charge on any atom is 0.191 e. The molecule has 0 aromatic carbocycles. The van der Waals surface area contributed by atoms with Gasteiger partial charge in [0.15, 0.2) is 5.96 Å². The Kier molecular flexibility index (Phi) is 8.07. The van der Waals surface area contributed by atoms with E-state index in [0.29, 0.717) is 6.04 Å². The van der Waals surface area contributed by atoms with Gasteiger partial charge in [-0.3, -0.25) is 9.89 Å². The van der Waals surface area contributed by atoms with Crippen molar-refractivity contribution in [2.75, 3.05) is 46.4 Å². The lowest BCUT2D eigenvalue weighted by molar-refractivity contribution is 0.0177. The second-order valence-corrected chi connectivity index (χ2v) is 8.56. The van der Waals surface area contributed by atoms with E-state index in [-0.39, 0.29) is 0 Å². The van der Waals surface area contributed by atoms with E-state index >= 15 is 0 Å². The molecule has 1 fully saturated rings. The van der Waals surface area contributed by atoms with Gasteiger partial charge in [-0.25, -0.2) is 4.98 Å². The summed E-state index contributed by atoms with van der Waals surface area (Å²) in [5.41, 5.74) is 0. The number of rotatable bonds is 8. The van der Waals surface area contributed by atoms with E-state index in [1.807, 2.05) is 24.6 Å². The number of nitrogens with one attached hydrogen (secondary N) is 2. The third kappa shape index (κ3) is 6.00. The van der Waals surface area contributed by atoms with E-state index in [1.54, 1.807) is 11.3 Å². The van der Waals surface area contributed by atoms with E-state index in [1.165, 1.54) is 14.8 Å². The largest absolute Gasteiger partial charge is 0.379 e. The van der Waals surface area contributed by atoms with Gasteiger partial charge in [0.25, 0.3) is 0 Å². The van der Waals surface area contributed by atoms with E-state index in [9.17, 15) is 0 Å². The SMILES string of the molecule is CCc1cnc(CCNC(=NC)NCC(c2cccs2)N2CCOCC2)s1. The number of aryl methyl sites for hydroxylation is 1. The number of nitrogens with zero attached hydrogens (tertiary/aromatic N) is 3. The summed E-state index contributed by atoms with van der Waals surface area (Å²) < 4.78 is 5.52. The van der Waals surface area contributed by atoms with Crippen molar-refractivity contribution in [2.24, 2.45) is 4.99 Å². The van der Waals surface area contributed by atoms with E-state index in [0.717, 1.165) is 58.2 Å².